The molecule has 2 aromatic heterocycles. The van der Waals surface area contributed by atoms with Gasteiger partial charge in [0, 0.05) is 31.3 Å². The average molecular weight is 391 g/mol. The maximum absolute atomic E-state index is 12.5. The van der Waals surface area contributed by atoms with Gasteiger partial charge in [0.1, 0.15) is 11.9 Å². The number of fused-ring (bicyclic) bond motifs is 2. The molecule has 1 aliphatic heterocycles. The number of benzene rings is 1. The lowest BCUT2D eigenvalue weighted by atomic mass is 10.1. The summed E-state index contributed by atoms with van der Waals surface area (Å²) in [4.78, 5) is 26.6. The van der Waals surface area contributed by atoms with E-state index in [4.69, 9.17) is 0 Å². The van der Waals surface area contributed by atoms with E-state index in [9.17, 15) is 9.59 Å². The number of unbranched alkanes of at least 4 members (excludes halogenated alkanes) is 2. The topological polar surface area (TPSA) is 79.6 Å². The van der Waals surface area contributed by atoms with Crippen LogP contribution >= 0.6 is 0 Å². The van der Waals surface area contributed by atoms with Gasteiger partial charge in [-0.15, -0.1) is 10.2 Å². The first-order valence-corrected chi connectivity index (χ1v) is 10.1. The molecule has 150 valence electrons. The molecular weight excluding hydrogens is 366 g/mol. The van der Waals surface area contributed by atoms with Crippen molar-refractivity contribution in [2.75, 3.05) is 6.54 Å². The highest BCUT2D eigenvalue weighted by atomic mass is 16.2. The molecular formula is C22H25N5O2. The second-order valence-corrected chi connectivity index (χ2v) is 7.41. The standard InChI is InChI=1S/C22H25N5O2/c1-16(27-15-17-9-4-5-10-18(17)22(27)29)21(28)23-13-7-2-3-11-19-24-25-20-12-6-8-14-26(19)20/h4-6,8-10,12,14,16H,2-3,7,11,13,15H2,1H3,(H,23,28)/t16-/m1/s1. The molecule has 3 aromatic rings. The van der Waals surface area contributed by atoms with Crippen LogP contribution in [-0.2, 0) is 17.8 Å². The van der Waals surface area contributed by atoms with Crippen molar-refractivity contribution in [1.82, 2.24) is 24.8 Å². The summed E-state index contributed by atoms with van der Waals surface area (Å²) in [5, 5.41) is 11.4. The van der Waals surface area contributed by atoms with Gasteiger partial charge in [0.25, 0.3) is 5.91 Å². The maximum Gasteiger partial charge on any atom is 0.255 e. The van der Waals surface area contributed by atoms with Crippen LogP contribution in [-0.4, -0.2) is 43.9 Å². The third-order valence-corrected chi connectivity index (χ3v) is 5.46. The molecule has 1 N–H and O–H groups in total. The minimum Gasteiger partial charge on any atom is -0.354 e. The van der Waals surface area contributed by atoms with E-state index in [1.807, 2.05) is 53.1 Å². The Morgan fingerprint density at radius 1 is 1.10 bits per heavy atom. The van der Waals surface area contributed by atoms with Gasteiger partial charge >= 0.3 is 0 Å². The van der Waals surface area contributed by atoms with Crippen molar-refractivity contribution in [1.29, 1.82) is 0 Å². The van der Waals surface area contributed by atoms with Crippen LogP contribution in [0.5, 0.6) is 0 Å². The van der Waals surface area contributed by atoms with Crippen LogP contribution in [0.2, 0.25) is 0 Å². The molecule has 0 bridgehead atoms. The fourth-order valence-corrected chi connectivity index (χ4v) is 3.74. The van der Waals surface area contributed by atoms with Crippen LogP contribution in [0.4, 0.5) is 0 Å². The number of nitrogens with zero attached hydrogens (tertiary/aromatic N) is 4. The van der Waals surface area contributed by atoms with E-state index in [1.54, 1.807) is 11.8 Å². The number of hydrogen-bond donors (Lipinski definition) is 1. The van der Waals surface area contributed by atoms with Gasteiger partial charge in [0.2, 0.25) is 5.91 Å². The van der Waals surface area contributed by atoms with E-state index in [0.717, 1.165) is 42.7 Å². The van der Waals surface area contributed by atoms with Crippen molar-refractivity contribution < 1.29 is 9.59 Å². The monoisotopic (exact) mass is 391 g/mol. The Kier molecular flexibility index (Phi) is 5.55. The fraction of sp³-hybridized carbons (Fsp3) is 0.364. The molecule has 0 aliphatic carbocycles. The number of amides is 2. The number of aromatic nitrogens is 3. The van der Waals surface area contributed by atoms with Crippen LogP contribution in [0, 0.1) is 0 Å². The van der Waals surface area contributed by atoms with Crippen molar-refractivity contribution in [3.8, 4) is 0 Å². The van der Waals surface area contributed by atoms with Crippen molar-refractivity contribution in [3.05, 3.63) is 65.6 Å². The SMILES string of the molecule is C[C@H](C(=O)NCCCCCc1nnc2ccccn12)N1Cc2ccccc2C1=O. The molecule has 0 spiro atoms. The smallest absolute Gasteiger partial charge is 0.255 e. The number of rotatable bonds is 8. The number of hydrogen-bond acceptors (Lipinski definition) is 4. The molecule has 1 aliphatic rings. The van der Waals surface area contributed by atoms with E-state index < -0.39 is 6.04 Å². The molecule has 7 nitrogen and oxygen atoms in total. The largest absolute Gasteiger partial charge is 0.354 e. The highest BCUT2D eigenvalue weighted by molar-refractivity contribution is 6.00. The van der Waals surface area contributed by atoms with Crippen LogP contribution in [0.15, 0.2) is 48.7 Å². The zero-order valence-corrected chi connectivity index (χ0v) is 16.5. The number of carbonyl (C=O) groups excluding carboxylic acids is 2. The summed E-state index contributed by atoms with van der Waals surface area (Å²) in [6, 6.07) is 12.9. The first kappa shape index (κ1) is 19.1. The molecule has 2 amide bonds. The average Bonchev–Trinajstić information content (AvgIpc) is 3.31. The lowest BCUT2D eigenvalue weighted by Gasteiger charge is -2.23. The second kappa shape index (κ2) is 8.43. The van der Waals surface area contributed by atoms with Gasteiger partial charge < -0.3 is 10.2 Å². The number of carbonyl (C=O) groups is 2. The van der Waals surface area contributed by atoms with E-state index >= 15 is 0 Å². The number of pyridine rings is 1. The quantitative estimate of drug-likeness (QED) is 0.599. The summed E-state index contributed by atoms with van der Waals surface area (Å²) in [5.74, 6) is 0.795. The highest BCUT2D eigenvalue weighted by Crippen LogP contribution is 2.24. The van der Waals surface area contributed by atoms with Gasteiger partial charge in [0.05, 0.1) is 0 Å². The molecule has 1 aromatic carbocycles. The summed E-state index contributed by atoms with van der Waals surface area (Å²) < 4.78 is 2.01. The van der Waals surface area contributed by atoms with Crippen LogP contribution < -0.4 is 5.32 Å². The van der Waals surface area contributed by atoms with Crippen molar-refractivity contribution >= 4 is 17.5 Å². The zero-order valence-electron chi connectivity index (χ0n) is 16.5. The van der Waals surface area contributed by atoms with Gasteiger partial charge in [-0.3, -0.25) is 14.0 Å². The molecule has 29 heavy (non-hydrogen) atoms. The van der Waals surface area contributed by atoms with Gasteiger partial charge in [0.15, 0.2) is 5.65 Å². The number of nitrogens with one attached hydrogen (secondary N) is 1. The molecule has 0 saturated heterocycles. The molecule has 3 heterocycles. The van der Waals surface area contributed by atoms with Gasteiger partial charge in [-0.25, -0.2) is 0 Å². The Morgan fingerprint density at radius 3 is 2.79 bits per heavy atom. The predicted octanol–water partition coefficient (Wildman–Crippen LogP) is 2.60. The van der Waals surface area contributed by atoms with Gasteiger partial charge in [-0.05, 0) is 43.5 Å². The minimum atomic E-state index is -0.475. The Morgan fingerprint density at radius 2 is 1.93 bits per heavy atom. The minimum absolute atomic E-state index is 0.0659. The summed E-state index contributed by atoms with van der Waals surface area (Å²) in [7, 11) is 0. The van der Waals surface area contributed by atoms with E-state index in [-0.39, 0.29) is 11.8 Å². The number of aryl methyl sites for hydroxylation is 1. The first-order valence-electron chi connectivity index (χ1n) is 10.1. The maximum atomic E-state index is 12.5. The Labute approximate surface area is 169 Å². The lowest BCUT2D eigenvalue weighted by Crippen LogP contribution is -2.45. The molecule has 0 saturated carbocycles. The van der Waals surface area contributed by atoms with E-state index in [2.05, 4.69) is 15.5 Å². The van der Waals surface area contributed by atoms with Crippen LogP contribution in [0.3, 0.4) is 0 Å². The summed E-state index contributed by atoms with van der Waals surface area (Å²) >= 11 is 0. The molecule has 0 radical (unpaired) electrons. The Bertz CT molecular complexity index is 1030. The first-order chi connectivity index (χ1) is 14.1. The van der Waals surface area contributed by atoms with Crippen molar-refractivity contribution in [2.45, 2.75) is 45.2 Å². The highest BCUT2D eigenvalue weighted by Gasteiger charge is 2.33. The molecule has 7 heteroatoms. The molecule has 0 fully saturated rings. The fourth-order valence-electron chi connectivity index (χ4n) is 3.74. The Balaban J connectivity index is 1.18. The van der Waals surface area contributed by atoms with Crippen LogP contribution in [0.1, 0.15) is 47.9 Å². The van der Waals surface area contributed by atoms with Crippen LogP contribution in [0.25, 0.3) is 5.65 Å². The third-order valence-electron chi connectivity index (χ3n) is 5.46. The van der Waals surface area contributed by atoms with Gasteiger partial charge in [-0.2, -0.15) is 0 Å². The third kappa shape index (κ3) is 3.99. The van der Waals surface area contributed by atoms with E-state index in [0.29, 0.717) is 18.7 Å². The summed E-state index contributed by atoms with van der Waals surface area (Å²) in [6.45, 7) is 2.89. The molecule has 0 unspecified atom stereocenters. The van der Waals surface area contributed by atoms with Gasteiger partial charge in [-0.1, -0.05) is 30.7 Å². The second-order valence-electron chi connectivity index (χ2n) is 7.41. The lowest BCUT2D eigenvalue weighted by molar-refractivity contribution is -0.125. The van der Waals surface area contributed by atoms with E-state index in [1.165, 1.54) is 0 Å². The summed E-state index contributed by atoms with van der Waals surface area (Å²) in [5.41, 5.74) is 2.55. The summed E-state index contributed by atoms with van der Waals surface area (Å²) in [6.07, 6.45) is 5.70. The Hall–Kier alpha value is -3.22. The van der Waals surface area contributed by atoms with Crippen molar-refractivity contribution in [2.24, 2.45) is 0 Å². The normalized spacial score (nSPS) is 14.2. The molecule has 1 atom stereocenters. The predicted molar refractivity (Wildman–Crippen MR) is 109 cm³/mol. The zero-order chi connectivity index (χ0) is 20.2. The molecule has 4 rings (SSSR count). The van der Waals surface area contributed by atoms with Crippen molar-refractivity contribution in [3.63, 3.8) is 0 Å².